The van der Waals surface area contributed by atoms with Crippen LogP contribution in [-0.2, 0) is 24.3 Å². The van der Waals surface area contributed by atoms with Gasteiger partial charge in [0.05, 0.1) is 17.9 Å². The average molecular weight is 312 g/mol. The van der Waals surface area contributed by atoms with Crippen LogP contribution >= 0.6 is 0 Å². The number of nitrogens with one attached hydrogen (secondary N) is 1. The Kier molecular flexibility index (Phi) is 4.29. The molecule has 1 saturated heterocycles. The van der Waals surface area contributed by atoms with Gasteiger partial charge in [-0.15, -0.1) is 0 Å². The largest absolute Gasteiger partial charge is 0.469 e. The Hall–Kier alpha value is -1.93. The molecule has 0 aliphatic carbocycles. The molecule has 1 atom stereocenters. The Morgan fingerprint density at radius 1 is 1.43 bits per heavy atom. The molecule has 1 unspecified atom stereocenters. The molecular formula is C13H16N2O5S. The van der Waals surface area contributed by atoms with Crippen LogP contribution in [0.2, 0.25) is 0 Å². The molecule has 1 N–H and O–H groups in total. The number of rotatable bonds is 4. The van der Waals surface area contributed by atoms with Crippen LogP contribution in [0.25, 0.3) is 0 Å². The highest BCUT2D eigenvalue weighted by Gasteiger charge is 2.36. The number of ether oxygens (including phenoxy) is 1. The molecule has 1 aliphatic rings. The van der Waals surface area contributed by atoms with Crippen molar-refractivity contribution in [2.24, 2.45) is 5.92 Å². The molecule has 1 aliphatic heterocycles. The van der Waals surface area contributed by atoms with Crippen LogP contribution in [0.1, 0.15) is 6.42 Å². The number of nitrogens with zero attached hydrogens (tertiary/aromatic N) is 1. The number of carbonyl (C=O) groups is 2. The van der Waals surface area contributed by atoms with Crippen LogP contribution in [0.4, 0.5) is 5.69 Å². The van der Waals surface area contributed by atoms with E-state index in [2.05, 4.69) is 9.46 Å². The number of hydrogen-bond donors (Lipinski definition) is 1. The Bertz CT molecular complexity index is 671. The molecule has 1 aromatic rings. The summed E-state index contributed by atoms with van der Waals surface area (Å²) in [7, 11) is -0.993. The van der Waals surface area contributed by atoms with E-state index in [9.17, 15) is 18.0 Å². The highest BCUT2D eigenvalue weighted by Crippen LogP contribution is 2.27. The van der Waals surface area contributed by atoms with E-state index in [1.165, 1.54) is 31.2 Å². The third-order valence-corrected chi connectivity index (χ3v) is 4.78. The third-order valence-electron chi connectivity index (χ3n) is 3.37. The van der Waals surface area contributed by atoms with Crippen molar-refractivity contribution in [3.05, 3.63) is 24.3 Å². The summed E-state index contributed by atoms with van der Waals surface area (Å²) in [6.07, 6.45) is 0.0652. The second-order valence-corrected chi connectivity index (χ2v) is 6.52. The molecule has 0 spiro atoms. The number of benzene rings is 1. The second-order valence-electron chi connectivity index (χ2n) is 4.63. The van der Waals surface area contributed by atoms with Crippen LogP contribution in [0.15, 0.2) is 29.2 Å². The van der Waals surface area contributed by atoms with Crippen LogP contribution in [-0.4, -0.2) is 41.0 Å². The molecule has 7 nitrogen and oxygen atoms in total. The predicted octanol–water partition coefficient (Wildman–Crippen LogP) is 0.121. The van der Waals surface area contributed by atoms with Crippen molar-refractivity contribution in [1.29, 1.82) is 0 Å². The van der Waals surface area contributed by atoms with E-state index >= 15 is 0 Å². The van der Waals surface area contributed by atoms with E-state index < -0.39 is 21.9 Å². The summed E-state index contributed by atoms with van der Waals surface area (Å²) in [5, 5.41) is 0. The van der Waals surface area contributed by atoms with Crippen molar-refractivity contribution >= 4 is 27.6 Å². The highest BCUT2D eigenvalue weighted by molar-refractivity contribution is 7.89. The fraction of sp³-hybridized carbons (Fsp3) is 0.385. The van der Waals surface area contributed by atoms with Gasteiger partial charge in [-0.1, -0.05) is 6.07 Å². The van der Waals surface area contributed by atoms with E-state index in [0.717, 1.165) is 0 Å². The monoisotopic (exact) mass is 312 g/mol. The van der Waals surface area contributed by atoms with E-state index in [4.69, 9.17) is 0 Å². The van der Waals surface area contributed by atoms with Gasteiger partial charge in [-0.2, -0.15) is 0 Å². The summed E-state index contributed by atoms with van der Waals surface area (Å²) in [6.45, 7) is 0.189. The van der Waals surface area contributed by atoms with Crippen LogP contribution in [0.5, 0.6) is 0 Å². The quantitative estimate of drug-likeness (QED) is 0.797. The van der Waals surface area contributed by atoms with Crippen LogP contribution < -0.4 is 9.62 Å². The Morgan fingerprint density at radius 3 is 2.76 bits per heavy atom. The maximum absolute atomic E-state index is 12.0. The molecule has 0 saturated carbocycles. The molecule has 2 rings (SSSR count). The lowest BCUT2D eigenvalue weighted by molar-refractivity contribution is -0.145. The summed E-state index contributed by atoms with van der Waals surface area (Å²) in [5.41, 5.74) is 0.447. The van der Waals surface area contributed by atoms with Crippen LogP contribution in [0, 0.1) is 5.92 Å². The molecule has 114 valence electrons. The average Bonchev–Trinajstić information content (AvgIpc) is 2.88. The Labute approximate surface area is 122 Å². The Balaban J connectivity index is 2.29. The molecule has 1 amide bonds. The molecule has 0 aromatic heterocycles. The number of sulfonamides is 1. The first-order valence-corrected chi connectivity index (χ1v) is 7.79. The van der Waals surface area contributed by atoms with Gasteiger partial charge in [0.1, 0.15) is 0 Å². The van der Waals surface area contributed by atoms with Gasteiger partial charge in [-0.3, -0.25) is 9.59 Å². The first-order valence-electron chi connectivity index (χ1n) is 6.31. The van der Waals surface area contributed by atoms with Gasteiger partial charge in [0, 0.05) is 18.7 Å². The topological polar surface area (TPSA) is 92.8 Å². The maximum Gasteiger partial charge on any atom is 0.311 e. The fourth-order valence-corrected chi connectivity index (χ4v) is 2.99. The number of amides is 1. The van der Waals surface area contributed by atoms with Gasteiger partial charge in [0.2, 0.25) is 15.9 Å². The lowest BCUT2D eigenvalue weighted by Crippen LogP contribution is -2.26. The maximum atomic E-state index is 12.0. The van der Waals surface area contributed by atoms with Crippen molar-refractivity contribution in [3.8, 4) is 0 Å². The summed E-state index contributed by atoms with van der Waals surface area (Å²) >= 11 is 0. The predicted molar refractivity (Wildman–Crippen MR) is 75.2 cm³/mol. The lowest BCUT2D eigenvalue weighted by atomic mass is 10.1. The van der Waals surface area contributed by atoms with Gasteiger partial charge in [-0.25, -0.2) is 13.1 Å². The number of methoxy groups -OCH3 is 1. The zero-order chi connectivity index (χ0) is 15.6. The van der Waals surface area contributed by atoms with Crippen molar-refractivity contribution in [2.75, 3.05) is 25.6 Å². The second kappa shape index (κ2) is 5.82. The normalized spacial score (nSPS) is 18.9. The summed E-state index contributed by atoms with van der Waals surface area (Å²) < 4.78 is 30.4. The molecule has 0 radical (unpaired) electrons. The van der Waals surface area contributed by atoms with Crippen LogP contribution in [0.3, 0.4) is 0 Å². The van der Waals surface area contributed by atoms with E-state index in [1.54, 1.807) is 12.1 Å². The number of hydrogen-bond acceptors (Lipinski definition) is 5. The summed E-state index contributed by atoms with van der Waals surface area (Å²) in [6, 6.07) is 6.03. The van der Waals surface area contributed by atoms with Crippen molar-refractivity contribution in [3.63, 3.8) is 0 Å². The highest BCUT2D eigenvalue weighted by atomic mass is 32.2. The van der Waals surface area contributed by atoms with Crippen molar-refractivity contribution < 1.29 is 22.7 Å². The molecule has 1 fully saturated rings. The minimum Gasteiger partial charge on any atom is -0.469 e. The first kappa shape index (κ1) is 15.5. The van der Waals surface area contributed by atoms with Gasteiger partial charge in [0.15, 0.2) is 0 Å². The van der Waals surface area contributed by atoms with Gasteiger partial charge < -0.3 is 9.64 Å². The van der Waals surface area contributed by atoms with Gasteiger partial charge in [0.25, 0.3) is 0 Å². The standard InChI is InChI=1S/C13H16N2O5S/c1-14-21(18,19)11-5-3-4-10(7-11)15-8-9(6-12(15)16)13(17)20-2/h3-5,7,9,14H,6,8H2,1-2H3. The van der Waals surface area contributed by atoms with Gasteiger partial charge in [-0.05, 0) is 25.2 Å². The molecule has 1 heterocycles. The zero-order valence-corrected chi connectivity index (χ0v) is 12.5. The number of carbonyl (C=O) groups excluding carboxylic acids is 2. The summed E-state index contributed by atoms with van der Waals surface area (Å²) in [4.78, 5) is 25.0. The smallest absolute Gasteiger partial charge is 0.311 e. The summed E-state index contributed by atoms with van der Waals surface area (Å²) in [5.74, 6) is -1.19. The first-order chi connectivity index (χ1) is 9.89. The molecule has 0 bridgehead atoms. The SMILES string of the molecule is CNS(=O)(=O)c1cccc(N2CC(C(=O)OC)CC2=O)c1. The van der Waals surface area contributed by atoms with E-state index in [1.807, 2.05) is 0 Å². The van der Waals surface area contributed by atoms with Crippen molar-refractivity contribution in [1.82, 2.24) is 4.72 Å². The number of esters is 1. The molecule has 21 heavy (non-hydrogen) atoms. The zero-order valence-electron chi connectivity index (χ0n) is 11.7. The van der Waals surface area contributed by atoms with Crippen molar-refractivity contribution in [2.45, 2.75) is 11.3 Å². The lowest BCUT2D eigenvalue weighted by Gasteiger charge is -2.17. The molecular weight excluding hydrogens is 296 g/mol. The Morgan fingerprint density at radius 2 is 2.14 bits per heavy atom. The van der Waals surface area contributed by atoms with E-state index in [0.29, 0.717) is 5.69 Å². The fourth-order valence-electron chi connectivity index (χ4n) is 2.22. The minimum atomic E-state index is -3.58. The molecule has 8 heteroatoms. The van der Waals surface area contributed by atoms with Gasteiger partial charge >= 0.3 is 5.97 Å². The van der Waals surface area contributed by atoms with E-state index in [-0.39, 0.29) is 23.8 Å². The molecule has 1 aromatic carbocycles. The third kappa shape index (κ3) is 3.06. The number of anilines is 1. The minimum absolute atomic E-state index is 0.0652.